The molecule has 2 N–H and O–H groups in total. The molecule has 0 radical (unpaired) electrons. The van der Waals surface area contributed by atoms with Crippen molar-refractivity contribution in [3.63, 3.8) is 0 Å². The SMILES string of the molecule is COc1ccc2ccccc2c1C1Nc2ccc(NC(=O)C(C)C)cc2C2C=CCC21. The molecule has 1 amide bonds. The summed E-state index contributed by atoms with van der Waals surface area (Å²) in [6.07, 6.45) is 5.62. The summed E-state index contributed by atoms with van der Waals surface area (Å²) in [5.74, 6) is 1.62. The van der Waals surface area contributed by atoms with Crippen LogP contribution in [0.15, 0.2) is 66.7 Å². The first-order valence-electron chi connectivity index (χ1n) is 11.0. The average molecular weight is 413 g/mol. The van der Waals surface area contributed by atoms with Crippen molar-refractivity contribution in [1.82, 2.24) is 0 Å². The van der Waals surface area contributed by atoms with Gasteiger partial charge in [-0.05, 0) is 52.9 Å². The number of hydrogen-bond donors (Lipinski definition) is 2. The van der Waals surface area contributed by atoms with Gasteiger partial charge >= 0.3 is 0 Å². The predicted octanol–water partition coefficient (Wildman–Crippen LogP) is 6.27. The minimum absolute atomic E-state index is 0.0422. The van der Waals surface area contributed by atoms with Gasteiger partial charge in [0.2, 0.25) is 5.91 Å². The number of ether oxygens (including phenoxy) is 1. The lowest BCUT2D eigenvalue weighted by Gasteiger charge is -2.38. The molecule has 0 saturated heterocycles. The van der Waals surface area contributed by atoms with Gasteiger partial charge in [0.15, 0.2) is 0 Å². The van der Waals surface area contributed by atoms with Crippen LogP contribution in [0, 0.1) is 11.8 Å². The van der Waals surface area contributed by atoms with Gasteiger partial charge in [0.1, 0.15) is 5.75 Å². The van der Waals surface area contributed by atoms with Crippen LogP contribution in [0.1, 0.15) is 43.4 Å². The highest BCUT2D eigenvalue weighted by Crippen LogP contribution is 2.52. The summed E-state index contributed by atoms with van der Waals surface area (Å²) in [5.41, 5.74) is 4.45. The summed E-state index contributed by atoms with van der Waals surface area (Å²) < 4.78 is 5.82. The number of benzene rings is 3. The maximum Gasteiger partial charge on any atom is 0.226 e. The Balaban J connectivity index is 1.59. The second-order valence-corrected chi connectivity index (χ2v) is 8.82. The molecule has 3 aromatic rings. The lowest BCUT2D eigenvalue weighted by atomic mass is 9.76. The van der Waals surface area contributed by atoms with E-state index in [2.05, 4.69) is 71.3 Å². The molecule has 2 aliphatic rings. The van der Waals surface area contributed by atoms with Crippen LogP contribution in [0.4, 0.5) is 11.4 Å². The number of nitrogens with one attached hydrogen (secondary N) is 2. The van der Waals surface area contributed by atoms with Crippen LogP contribution in [-0.4, -0.2) is 13.0 Å². The van der Waals surface area contributed by atoms with Gasteiger partial charge in [0, 0.05) is 28.8 Å². The molecule has 0 aromatic heterocycles. The van der Waals surface area contributed by atoms with Crippen molar-refractivity contribution in [2.24, 2.45) is 11.8 Å². The fraction of sp³-hybridized carbons (Fsp3) is 0.296. The molecule has 5 rings (SSSR count). The monoisotopic (exact) mass is 412 g/mol. The molecule has 1 aliphatic carbocycles. The predicted molar refractivity (Wildman–Crippen MR) is 127 cm³/mol. The molecule has 0 saturated carbocycles. The van der Waals surface area contributed by atoms with Crippen molar-refractivity contribution in [3.05, 3.63) is 77.9 Å². The van der Waals surface area contributed by atoms with Gasteiger partial charge in [0.05, 0.1) is 13.2 Å². The van der Waals surface area contributed by atoms with E-state index in [0.717, 1.165) is 23.5 Å². The van der Waals surface area contributed by atoms with E-state index in [1.807, 2.05) is 19.9 Å². The number of methoxy groups -OCH3 is 1. The first-order chi connectivity index (χ1) is 15.1. The topological polar surface area (TPSA) is 50.4 Å². The van der Waals surface area contributed by atoms with E-state index >= 15 is 0 Å². The normalized spacial score (nSPS) is 21.5. The average Bonchev–Trinajstić information content (AvgIpc) is 3.28. The molecule has 0 fully saturated rings. The number of anilines is 2. The zero-order valence-electron chi connectivity index (χ0n) is 18.2. The molecule has 31 heavy (non-hydrogen) atoms. The van der Waals surface area contributed by atoms with Gasteiger partial charge < -0.3 is 15.4 Å². The smallest absolute Gasteiger partial charge is 0.226 e. The van der Waals surface area contributed by atoms with E-state index < -0.39 is 0 Å². The molecule has 1 heterocycles. The number of amides is 1. The quantitative estimate of drug-likeness (QED) is 0.497. The van der Waals surface area contributed by atoms with E-state index in [4.69, 9.17) is 4.74 Å². The van der Waals surface area contributed by atoms with E-state index in [9.17, 15) is 4.79 Å². The fourth-order valence-electron chi connectivity index (χ4n) is 5.02. The highest BCUT2D eigenvalue weighted by molar-refractivity contribution is 5.93. The molecule has 4 heteroatoms. The van der Waals surface area contributed by atoms with Crippen molar-refractivity contribution in [2.45, 2.75) is 32.2 Å². The van der Waals surface area contributed by atoms with Crippen LogP contribution in [0.5, 0.6) is 5.75 Å². The van der Waals surface area contributed by atoms with Gasteiger partial charge in [-0.2, -0.15) is 0 Å². The third-order valence-corrected chi connectivity index (χ3v) is 6.62. The second kappa shape index (κ2) is 7.77. The van der Waals surface area contributed by atoms with Crippen molar-refractivity contribution in [2.75, 3.05) is 17.7 Å². The molecule has 0 spiro atoms. The minimum Gasteiger partial charge on any atom is -0.496 e. The molecule has 3 aromatic carbocycles. The maximum absolute atomic E-state index is 12.2. The van der Waals surface area contributed by atoms with E-state index in [-0.39, 0.29) is 17.9 Å². The van der Waals surface area contributed by atoms with Crippen LogP contribution in [0.25, 0.3) is 10.8 Å². The Labute approximate surface area is 183 Å². The molecular weight excluding hydrogens is 384 g/mol. The van der Waals surface area contributed by atoms with Crippen molar-refractivity contribution >= 4 is 28.1 Å². The van der Waals surface area contributed by atoms with Gasteiger partial charge in [0.25, 0.3) is 0 Å². The molecule has 3 atom stereocenters. The van der Waals surface area contributed by atoms with Crippen LogP contribution in [-0.2, 0) is 4.79 Å². The molecule has 4 nitrogen and oxygen atoms in total. The van der Waals surface area contributed by atoms with Crippen LogP contribution < -0.4 is 15.4 Å². The van der Waals surface area contributed by atoms with Crippen molar-refractivity contribution in [3.8, 4) is 5.75 Å². The summed E-state index contributed by atoms with van der Waals surface area (Å²) in [6.45, 7) is 3.82. The van der Waals surface area contributed by atoms with Crippen LogP contribution in [0.2, 0.25) is 0 Å². The number of carbonyl (C=O) groups is 1. The minimum atomic E-state index is -0.0449. The first kappa shape index (κ1) is 19.7. The van der Waals surface area contributed by atoms with Crippen molar-refractivity contribution < 1.29 is 9.53 Å². The second-order valence-electron chi connectivity index (χ2n) is 8.82. The summed E-state index contributed by atoms with van der Waals surface area (Å²) in [6, 6.07) is 19.1. The third kappa shape index (κ3) is 3.36. The lowest BCUT2D eigenvalue weighted by Crippen LogP contribution is -2.29. The Bertz CT molecular complexity index is 1180. The summed E-state index contributed by atoms with van der Waals surface area (Å²) in [4.78, 5) is 12.2. The maximum atomic E-state index is 12.2. The lowest BCUT2D eigenvalue weighted by molar-refractivity contribution is -0.118. The third-order valence-electron chi connectivity index (χ3n) is 6.62. The Morgan fingerprint density at radius 3 is 2.77 bits per heavy atom. The first-order valence-corrected chi connectivity index (χ1v) is 11.0. The highest BCUT2D eigenvalue weighted by atomic mass is 16.5. The molecular formula is C27H28N2O2. The standard InChI is InChI=1S/C27H28N2O2/c1-16(2)27(30)28-18-12-13-23-22(15-18)20-9-6-10-21(20)26(29-23)25-19-8-5-4-7-17(19)11-14-24(25)31-3/h4-9,11-16,20-21,26,29H,10H2,1-3H3,(H,28,30). The van der Waals surface area contributed by atoms with Gasteiger partial charge in [-0.3, -0.25) is 4.79 Å². The summed E-state index contributed by atoms with van der Waals surface area (Å²) in [7, 11) is 1.75. The molecule has 1 aliphatic heterocycles. The van der Waals surface area contributed by atoms with Gasteiger partial charge in [-0.25, -0.2) is 0 Å². The van der Waals surface area contributed by atoms with E-state index in [0.29, 0.717) is 11.8 Å². The number of carbonyl (C=O) groups excluding carboxylic acids is 1. The summed E-state index contributed by atoms with van der Waals surface area (Å²) >= 11 is 0. The van der Waals surface area contributed by atoms with Gasteiger partial charge in [-0.15, -0.1) is 0 Å². The van der Waals surface area contributed by atoms with Gasteiger partial charge in [-0.1, -0.05) is 56.3 Å². The zero-order chi connectivity index (χ0) is 21.5. The largest absolute Gasteiger partial charge is 0.496 e. The zero-order valence-corrected chi connectivity index (χ0v) is 18.2. The van der Waals surface area contributed by atoms with Crippen LogP contribution >= 0.6 is 0 Å². The highest BCUT2D eigenvalue weighted by Gasteiger charge is 2.39. The number of hydrogen-bond acceptors (Lipinski definition) is 3. The molecule has 158 valence electrons. The van der Waals surface area contributed by atoms with Crippen LogP contribution in [0.3, 0.4) is 0 Å². The molecule has 3 unspecified atom stereocenters. The molecule has 0 bridgehead atoms. The fourth-order valence-corrected chi connectivity index (χ4v) is 5.02. The van der Waals surface area contributed by atoms with Crippen molar-refractivity contribution in [1.29, 1.82) is 0 Å². The number of rotatable bonds is 4. The van der Waals surface area contributed by atoms with E-state index in [1.165, 1.54) is 21.9 Å². The Morgan fingerprint density at radius 2 is 1.97 bits per heavy atom. The Morgan fingerprint density at radius 1 is 1.13 bits per heavy atom. The summed E-state index contributed by atoms with van der Waals surface area (Å²) in [5, 5.41) is 9.32. The number of fused-ring (bicyclic) bond motifs is 4. The van der Waals surface area contributed by atoms with E-state index in [1.54, 1.807) is 7.11 Å². The Hall–Kier alpha value is -3.27. The number of allylic oxidation sites excluding steroid dienone is 2. The Kier molecular flexibility index (Phi) is 4.93.